The van der Waals surface area contributed by atoms with Gasteiger partial charge in [-0.1, -0.05) is 29.8 Å². The third-order valence-electron chi connectivity index (χ3n) is 3.66. The van der Waals surface area contributed by atoms with Crippen molar-refractivity contribution in [1.82, 2.24) is 0 Å². The highest BCUT2D eigenvalue weighted by molar-refractivity contribution is 5.83. The lowest BCUT2D eigenvalue weighted by molar-refractivity contribution is -0.148. The van der Waals surface area contributed by atoms with Gasteiger partial charge in [-0.3, -0.25) is 4.79 Å². The van der Waals surface area contributed by atoms with E-state index in [0.29, 0.717) is 12.8 Å². The number of ether oxygens (including phenoxy) is 1. The van der Waals surface area contributed by atoms with E-state index < -0.39 is 11.0 Å². The molecule has 0 saturated carbocycles. The molecule has 0 aliphatic rings. The summed E-state index contributed by atoms with van der Waals surface area (Å²) in [4.78, 5) is 12.3. The lowest BCUT2D eigenvalue weighted by atomic mass is 9.74. The molecule has 112 valence electrons. The van der Waals surface area contributed by atoms with E-state index in [-0.39, 0.29) is 12.5 Å². The second-order valence-electron chi connectivity index (χ2n) is 5.96. The highest BCUT2D eigenvalue weighted by atomic mass is 16.5. The van der Waals surface area contributed by atoms with Crippen LogP contribution in [-0.2, 0) is 14.9 Å². The first-order valence-corrected chi connectivity index (χ1v) is 6.83. The molecule has 0 aromatic heterocycles. The Morgan fingerprint density at radius 1 is 1.35 bits per heavy atom. The minimum absolute atomic E-state index is 0.152. The van der Waals surface area contributed by atoms with E-state index in [0.717, 1.165) is 11.1 Å². The highest BCUT2D eigenvalue weighted by Crippen LogP contribution is 2.33. The molecule has 0 spiro atoms. The van der Waals surface area contributed by atoms with Crippen LogP contribution in [0.25, 0.3) is 0 Å². The first-order valence-electron chi connectivity index (χ1n) is 6.83. The van der Waals surface area contributed by atoms with Crippen LogP contribution in [0.15, 0.2) is 24.3 Å². The van der Waals surface area contributed by atoms with Crippen molar-refractivity contribution in [3.8, 4) is 0 Å². The molecule has 1 rings (SSSR count). The number of carbonyl (C=O) groups excluding carboxylic acids is 1. The van der Waals surface area contributed by atoms with Crippen molar-refractivity contribution in [2.24, 2.45) is 5.73 Å². The second kappa shape index (κ2) is 6.37. The smallest absolute Gasteiger partial charge is 0.317 e. The Kier molecular flexibility index (Phi) is 5.31. The minimum Gasteiger partial charge on any atom is -0.468 e. The number of aliphatic hydroxyl groups is 1. The van der Waals surface area contributed by atoms with Gasteiger partial charge in [-0.2, -0.15) is 0 Å². The molecule has 1 aromatic rings. The van der Waals surface area contributed by atoms with Crippen LogP contribution in [0.5, 0.6) is 0 Å². The number of nitrogens with two attached hydrogens (primary N) is 1. The molecule has 1 unspecified atom stereocenters. The summed E-state index contributed by atoms with van der Waals surface area (Å²) in [5, 5.41) is 9.94. The first-order chi connectivity index (χ1) is 9.25. The second-order valence-corrected chi connectivity index (χ2v) is 5.96. The Labute approximate surface area is 120 Å². The van der Waals surface area contributed by atoms with Crippen LogP contribution in [0.1, 0.15) is 37.8 Å². The summed E-state index contributed by atoms with van der Waals surface area (Å²) in [5.41, 5.74) is 6.07. The molecule has 0 saturated heterocycles. The van der Waals surface area contributed by atoms with Crippen LogP contribution in [-0.4, -0.2) is 30.3 Å². The van der Waals surface area contributed by atoms with Gasteiger partial charge in [-0.05, 0) is 39.2 Å². The van der Waals surface area contributed by atoms with Gasteiger partial charge in [0.1, 0.15) is 5.41 Å². The summed E-state index contributed by atoms with van der Waals surface area (Å²) < 4.78 is 4.97. The van der Waals surface area contributed by atoms with Gasteiger partial charge < -0.3 is 15.6 Å². The Hall–Kier alpha value is -1.39. The SMILES string of the molecule is COC(=O)C(CN)(CCC(C)(C)O)c1cccc(C)c1. The topological polar surface area (TPSA) is 72.5 Å². The van der Waals surface area contributed by atoms with E-state index in [9.17, 15) is 9.90 Å². The summed E-state index contributed by atoms with van der Waals surface area (Å²) >= 11 is 0. The van der Waals surface area contributed by atoms with Gasteiger partial charge in [0.2, 0.25) is 0 Å². The van der Waals surface area contributed by atoms with Gasteiger partial charge in [0.05, 0.1) is 12.7 Å². The molecule has 3 N–H and O–H groups in total. The van der Waals surface area contributed by atoms with E-state index in [1.807, 2.05) is 31.2 Å². The highest BCUT2D eigenvalue weighted by Gasteiger charge is 2.41. The Morgan fingerprint density at radius 3 is 2.45 bits per heavy atom. The van der Waals surface area contributed by atoms with Crippen LogP contribution in [0.3, 0.4) is 0 Å². The molecule has 4 nitrogen and oxygen atoms in total. The number of rotatable bonds is 6. The lowest BCUT2D eigenvalue weighted by Crippen LogP contribution is -2.45. The predicted molar refractivity (Wildman–Crippen MR) is 79.5 cm³/mol. The average molecular weight is 279 g/mol. The average Bonchev–Trinajstić information content (AvgIpc) is 2.38. The van der Waals surface area contributed by atoms with E-state index >= 15 is 0 Å². The van der Waals surface area contributed by atoms with Crippen molar-refractivity contribution < 1.29 is 14.6 Å². The molecule has 4 heteroatoms. The first kappa shape index (κ1) is 16.7. The summed E-state index contributed by atoms with van der Waals surface area (Å²) in [6.45, 7) is 5.57. The van der Waals surface area contributed by atoms with E-state index in [2.05, 4.69) is 0 Å². The van der Waals surface area contributed by atoms with Crippen molar-refractivity contribution >= 4 is 5.97 Å². The number of benzene rings is 1. The lowest BCUT2D eigenvalue weighted by Gasteiger charge is -2.32. The van der Waals surface area contributed by atoms with Crippen molar-refractivity contribution in [1.29, 1.82) is 0 Å². The summed E-state index contributed by atoms with van der Waals surface area (Å²) in [6, 6.07) is 7.72. The van der Waals surface area contributed by atoms with Crippen molar-refractivity contribution in [2.45, 2.75) is 44.6 Å². The van der Waals surface area contributed by atoms with Crippen LogP contribution in [0, 0.1) is 6.92 Å². The molecule has 0 aliphatic heterocycles. The zero-order valence-corrected chi connectivity index (χ0v) is 12.8. The Balaban J connectivity index is 3.21. The van der Waals surface area contributed by atoms with Crippen molar-refractivity contribution in [2.75, 3.05) is 13.7 Å². The van der Waals surface area contributed by atoms with Gasteiger partial charge in [0, 0.05) is 6.54 Å². The number of aryl methyl sites for hydroxylation is 1. The number of hydrogen-bond donors (Lipinski definition) is 2. The summed E-state index contributed by atoms with van der Waals surface area (Å²) in [5.74, 6) is -0.352. The van der Waals surface area contributed by atoms with Gasteiger partial charge in [0.25, 0.3) is 0 Å². The summed E-state index contributed by atoms with van der Waals surface area (Å²) in [7, 11) is 1.37. The standard InChI is InChI=1S/C16H25NO3/c1-12-6-5-7-13(10-12)16(11-17,14(18)20-4)9-8-15(2,3)19/h5-7,10,19H,8-9,11,17H2,1-4H3. The molecule has 1 atom stereocenters. The molecule has 0 fully saturated rings. The normalized spacial score (nSPS) is 14.7. The van der Waals surface area contributed by atoms with Crippen LogP contribution in [0.4, 0.5) is 0 Å². The zero-order chi connectivity index (χ0) is 15.4. The van der Waals surface area contributed by atoms with Gasteiger partial charge >= 0.3 is 5.97 Å². The number of methoxy groups -OCH3 is 1. The molecular formula is C16H25NO3. The number of hydrogen-bond acceptors (Lipinski definition) is 4. The van der Waals surface area contributed by atoms with E-state index in [1.54, 1.807) is 13.8 Å². The quantitative estimate of drug-likeness (QED) is 0.780. The fourth-order valence-corrected chi connectivity index (χ4v) is 2.32. The maximum absolute atomic E-state index is 12.3. The maximum Gasteiger partial charge on any atom is 0.317 e. The largest absolute Gasteiger partial charge is 0.468 e. The van der Waals surface area contributed by atoms with Crippen LogP contribution in [0.2, 0.25) is 0 Å². The fourth-order valence-electron chi connectivity index (χ4n) is 2.32. The Bertz CT molecular complexity index is 465. The third kappa shape index (κ3) is 3.81. The van der Waals surface area contributed by atoms with E-state index in [4.69, 9.17) is 10.5 Å². The molecule has 0 radical (unpaired) electrons. The molecule has 1 aromatic carbocycles. The van der Waals surface area contributed by atoms with Crippen LogP contribution < -0.4 is 5.73 Å². The van der Waals surface area contributed by atoms with E-state index in [1.165, 1.54) is 7.11 Å². The summed E-state index contributed by atoms with van der Waals surface area (Å²) in [6.07, 6.45) is 0.913. The van der Waals surface area contributed by atoms with Crippen LogP contribution >= 0.6 is 0 Å². The zero-order valence-electron chi connectivity index (χ0n) is 12.8. The molecular weight excluding hydrogens is 254 g/mol. The minimum atomic E-state index is -0.902. The monoisotopic (exact) mass is 279 g/mol. The van der Waals surface area contributed by atoms with Crippen molar-refractivity contribution in [3.05, 3.63) is 35.4 Å². The Morgan fingerprint density at radius 2 is 2.00 bits per heavy atom. The third-order valence-corrected chi connectivity index (χ3v) is 3.66. The van der Waals surface area contributed by atoms with Gasteiger partial charge in [-0.25, -0.2) is 0 Å². The molecule has 0 aliphatic carbocycles. The molecule has 0 heterocycles. The maximum atomic E-state index is 12.3. The van der Waals surface area contributed by atoms with Crippen molar-refractivity contribution in [3.63, 3.8) is 0 Å². The molecule has 0 amide bonds. The number of carbonyl (C=O) groups is 1. The fraction of sp³-hybridized carbons (Fsp3) is 0.562. The van der Waals surface area contributed by atoms with Gasteiger partial charge in [0.15, 0.2) is 0 Å². The predicted octanol–water partition coefficient (Wildman–Crippen LogP) is 1.92. The number of esters is 1. The van der Waals surface area contributed by atoms with Gasteiger partial charge in [-0.15, -0.1) is 0 Å². The molecule has 0 bridgehead atoms. The molecule has 20 heavy (non-hydrogen) atoms.